The summed E-state index contributed by atoms with van der Waals surface area (Å²) in [5.41, 5.74) is 0.607. The van der Waals surface area contributed by atoms with E-state index in [0.29, 0.717) is 29.5 Å². The molecule has 0 fully saturated rings. The van der Waals surface area contributed by atoms with Gasteiger partial charge in [0.1, 0.15) is 17.4 Å². The number of nitrogens with zero attached hydrogens (tertiary/aromatic N) is 1. The quantitative estimate of drug-likeness (QED) is 0.420. The summed E-state index contributed by atoms with van der Waals surface area (Å²) in [4.78, 5) is 16.0. The molecule has 2 rings (SSSR count). The first-order chi connectivity index (χ1) is 11.1. The maximum absolute atomic E-state index is 11.8. The fourth-order valence-corrected chi connectivity index (χ4v) is 2.19. The second-order valence-electron chi connectivity index (χ2n) is 4.86. The number of rotatable bonds is 8. The number of carbonyl (C=O) groups is 1. The van der Waals surface area contributed by atoms with Crippen molar-refractivity contribution in [2.24, 2.45) is 0 Å². The van der Waals surface area contributed by atoms with Gasteiger partial charge in [-0.05, 0) is 31.2 Å². The molecule has 1 heterocycles. The average molecular weight is 336 g/mol. The monoisotopic (exact) mass is 335 g/mol. The zero-order valence-corrected chi connectivity index (χ0v) is 13.6. The minimum Gasteiger partial charge on any atom is -0.480 e. The summed E-state index contributed by atoms with van der Waals surface area (Å²) in [5, 5.41) is 1.35. The summed E-state index contributed by atoms with van der Waals surface area (Å²) in [6.07, 6.45) is 2.92. The molecule has 0 aliphatic heterocycles. The van der Waals surface area contributed by atoms with Crippen LogP contribution in [-0.2, 0) is 14.3 Å². The molecule has 23 heavy (non-hydrogen) atoms. The zero-order chi connectivity index (χ0) is 16.7. The summed E-state index contributed by atoms with van der Waals surface area (Å²) in [5.74, 6) is 0.0104. The molecule has 0 radical (unpaired) electrons. The number of esters is 1. The first-order valence-corrected chi connectivity index (χ1v) is 7.53. The van der Waals surface area contributed by atoms with Crippen molar-refractivity contribution in [3.8, 4) is 5.75 Å². The fourth-order valence-electron chi connectivity index (χ4n) is 1.97. The van der Waals surface area contributed by atoms with Crippen molar-refractivity contribution < 1.29 is 19.0 Å². The molecule has 0 bridgehead atoms. The van der Waals surface area contributed by atoms with E-state index in [1.165, 1.54) is 0 Å². The predicted octanol–water partition coefficient (Wildman–Crippen LogP) is 3.40. The smallest absolute Gasteiger partial charge is 0.344 e. The number of ether oxygens (including phenoxy) is 3. The fraction of sp³-hybridized carbons (Fsp3) is 0.294. The minimum atomic E-state index is -0.473. The molecule has 122 valence electrons. The molecular formula is C17H18ClNO4. The molecule has 1 atom stereocenters. The number of hydrogen-bond donors (Lipinski definition) is 0. The molecule has 0 aliphatic carbocycles. The van der Waals surface area contributed by atoms with Crippen LogP contribution < -0.4 is 4.74 Å². The first kappa shape index (κ1) is 17.2. The number of carbonyl (C=O) groups excluding carboxylic acids is 1. The van der Waals surface area contributed by atoms with Gasteiger partial charge in [-0.25, -0.2) is 4.79 Å². The maximum Gasteiger partial charge on any atom is 0.344 e. The highest BCUT2D eigenvalue weighted by Gasteiger charge is 2.12. The lowest BCUT2D eigenvalue weighted by molar-refractivity contribution is -0.153. The Morgan fingerprint density at radius 2 is 2.26 bits per heavy atom. The van der Waals surface area contributed by atoms with Crippen LogP contribution in [0.2, 0.25) is 5.02 Å². The molecule has 0 saturated carbocycles. The van der Waals surface area contributed by atoms with Gasteiger partial charge in [0.05, 0.1) is 18.2 Å². The van der Waals surface area contributed by atoms with E-state index in [-0.39, 0.29) is 12.7 Å². The molecule has 1 aromatic carbocycles. The Labute approximate surface area is 139 Å². The van der Waals surface area contributed by atoms with E-state index in [0.717, 1.165) is 5.39 Å². The van der Waals surface area contributed by atoms with Crippen LogP contribution in [0.15, 0.2) is 43.1 Å². The molecular weight excluding hydrogens is 318 g/mol. The maximum atomic E-state index is 11.8. The molecule has 0 spiro atoms. The van der Waals surface area contributed by atoms with Crippen molar-refractivity contribution in [2.45, 2.75) is 13.0 Å². The highest BCUT2D eigenvalue weighted by atomic mass is 35.5. The van der Waals surface area contributed by atoms with Crippen molar-refractivity contribution >= 4 is 28.5 Å². The van der Waals surface area contributed by atoms with Gasteiger partial charge >= 0.3 is 5.97 Å². The number of fused-ring (bicyclic) bond motifs is 1. The van der Waals surface area contributed by atoms with Gasteiger partial charge < -0.3 is 14.2 Å². The summed E-state index contributed by atoms with van der Waals surface area (Å²) >= 11 is 6.11. The Kier molecular flexibility index (Phi) is 6.38. The van der Waals surface area contributed by atoms with Gasteiger partial charge in [-0.1, -0.05) is 17.7 Å². The van der Waals surface area contributed by atoms with Gasteiger partial charge in [0.25, 0.3) is 0 Å². The molecule has 2 aromatic rings. The number of halogens is 1. The van der Waals surface area contributed by atoms with Crippen LogP contribution in [0.25, 0.3) is 10.9 Å². The van der Waals surface area contributed by atoms with E-state index in [1.807, 2.05) is 6.07 Å². The highest BCUT2D eigenvalue weighted by molar-refractivity contribution is 6.35. The Balaban J connectivity index is 1.92. The summed E-state index contributed by atoms with van der Waals surface area (Å²) in [7, 11) is 0. The van der Waals surface area contributed by atoms with E-state index in [1.54, 1.807) is 37.4 Å². The van der Waals surface area contributed by atoms with Crippen molar-refractivity contribution in [1.82, 2.24) is 4.98 Å². The predicted molar refractivity (Wildman–Crippen MR) is 88.8 cm³/mol. The molecule has 0 saturated heterocycles. The number of pyridine rings is 1. The SMILES string of the molecule is C=CCOCC(C)OC(=O)COc1ccc(Cl)c2cccnc12. The third kappa shape index (κ3) is 4.94. The van der Waals surface area contributed by atoms with Crippen LogP contribution in [0.4, 0.5) is 0 Å². The largest absolute Gasteiger partial charge is 0.480 e. The summed E-state index contributed by atoms with van der Waals surface area (Å²) in [6, 6.07) is 7.02. The Bertz CT molecular complexity index is 689. The van der Waals surface area contributed by atoms with Crippen molar-refractivity contribution in [3.63, 3.8) is 0 Å². The van der Waals surface area contributed by atoms with Crippen molar-refractivity contribution in [3.05, 3.63) is 48.1 Å². The molecule has 0 aliphatic rings. The topological polar surface area (TPSA) is 57.7 Å². The lowest BCUT2D eigenvalue weighted by atomic mass is 10.2. The number of benzene rings is 1. The lowest BCUT2D eigenvalue weighted by Gasteiger charge is -2.14. The van der Waals surface area contributed by atoms with E-state index in [9.17, 15) is 4.79 Å². The molecule has 1 unspecified atom stereocenters. The number of aromatic nitrogens is 1. The third-order valence-electron chi connectivity index (χ3n) is 2.95. The molecule has 1 aromatic heterocycles. The Hall–Kier alpha value is -2.11. The van der Waals surface area contributed by atoms with Crippen molar-refractivity contribution in [1.29, 1.82) is 0 Å². The van der Waals surface area contributed by atoms with E-state index < -0.39 is 5.97 Å². The molecule has 0 N–H and O–H groups in total. The van der Waals surface area contributed by atoms with Crippen LogP contribution in [0, 0.1) is 0 Å². The van der Waals surface area contributed by atoms with Gasteiger partial charge in [0.15, 0.2) is 6.61 Å². The Morgan fingerprint density at radius 1 is 1.43 bits per heavy atom. The second kappa shape index (κ2) is 8.50. The highest BCUT2D eigenvalue weighted by Crippen LogP contribution is 2.29. The van der Waals surface area contributed by atoms with Crippen molar-refractivity contribution in [2.75, 3.05) is 19.8 Å². The summed E-state index contributed by atoms with van der Waals surface area (Å²) < 4.78 is 15.9. The van der Waals surface area contributed by atoms with Gasteiger partial charge in [-0.15, -0.1) is 6.58 Å². The van der Waals surface area contributed by atoms with Gasteiger partial charge in [-0.3, -0.25) is 4.98 Å². The normalized spacial score (nSPS) is 11.9. The lowest BCUT2D eigenvalue weighted by Crippen LogP contribution is -2.24. The van der Waals surface area contributed by atoms with E-state index in [4.69, 9.17) is 25.8 Å². The van der Waals surface area contributed by atoms with Crippen LogP contribution in [-0.4, -0.2) is 36.9 Å². The van der Waals surface area contributed by atoms with Crippen LogP contribution >= 0.6 is 11.6 Å². The average Bonchev–Trinajstić information content (AvgIpc) is 2.55. The van der Waals surface area contributed by atoms with E-state index >= 15 is 0 Å². The second-order valence-corrected chi connectivity index (χ2v) is 5.27. The van der Waals surface area contributed by atoms with Crippen LogP contribution in [0.3, 0.4) is 0 Å². The van der Waals surface area contributed by atoms with Crippen LogP contribution in [0.5, 0.6) is 5.75 Å². The molecule has 0 amide bonds. The molecule has 6 heteroatoms. The molecule has 5 nitrogen and oxygen atoms in total. The van der Waals surface area contributed by atoms with Crippen LogP contribution in [0.1, 0.15) is 6.92 Å². The van der Waals surface area contributed by atoms with Gasteiger partial charge in [0, 0.05) is 11.6 Å². The van der Waals surface area contributed by atoms with Gasteiger partial charge in [0.2, 0.25) is 0 Å². The first-order valence-electron chi connectivity index (χ1n) is 7.16. The minimum absolute atomic E-state index is 0.209. The zero-order valence-electron chi connectivity index (χ0n) is 12.8. The van der Waals surface area contributed by atoms with Gasteiger partial charge in [-0.2, -0.15) is 0 Å². The standard InChI is InChI=1S/C17H18ClNO4/c1-3-9-21-10-12(2)23-16(20)11-22-15-7-6-14(18)13-5-4-8-19-17(13)15/h3-8,12H,1,9-11H2,2H3. The third-order valence-corrected chi connectivity index (χ3v) is 3.28. The Morgan fingerprint density at radius 3 is 3.04 bits per heavy atom. The van der Waals surface area contributed by atoms with E-state index in [2.05, 4.69) is 11.6 Å². The number of hydrogen-bond acceptors (Lipinski definition) is 5. The summed E-state index contributed by atoms with van der Waals surface area (Å²) in [6.45, 7) is 5.81.